The first kappa shape index (κ1) is 17.3. The van der Waals surface area contributed by atoms with Crippen molar-refractivity contribution in [2.75, 3.05) is 10.8 Å². The summed E-state index contributed by atoms with van der Waals surface area (Å²) in [4.78, 5) is 14.3. The Morgan fingerprint density at radius 1 is 1.40 bits per heavy atom. The highest BCUT2D eigenvalue weighted by atomic mass is 32.2. The number of fused-ring (bicyclic) bond motifs is 1. The molecule has 0 radical (unpaired) electrons. The van der Waals surface area contributed by atoms with Crippen molar-refractivity contribution in [2.24, 2.45) is 5.11 Å². The number of sulfonamides is 1. The number of carbonyl (C=O) groups excluding carboxylic acids is 1. The Labute approximate surface area is 146 Å². The molecule has 0 bridgehead atoms. The van der Waals surface area contributed by atoms with E-state index in [-0.39, 0.29) is 12.2 Å². The van der Waals surface area contributed by atoms with Crippen molar-refractivity contribution < 1.29 is 13.2 Å². The van der Waals surface area contributed by atoms with E-state index in [1.807, 2.05) is 0 Å². The molecule has 7 nitrogen and oxygen atoms in total. The van der Waals surface area contributed by atoms with Gasteiger partial charge in [0.2, 0.25) is 10.0 Å². The quantitative estimate of drug-likeness (QED) is 0.356. The number of hydrogen-bond donors (Lipinski definition) is 0. The number of ketones is 1. The van der Waals surface area contributed by atoms with Crippen LogP contribution >= 0.6 is 0 Å². The molecule has 0 fully saturated rings. The highest BCUT2D eigenvalue weighted by molar-refractivity contribution is 7.94. The predicted octanol–water partition coefficient (Wildman–Crippen LogP) is 3.49. The first-order valence-electron chi connectivity index (χ1n) is 7.88. The number of carbonyl (C=O) groups is 1. The molecule has 130 valence electrons. The number of benzene rings is 1. The zero-order valence-corrected chi connectivity index (χ0v) is 14.8. The molecule has 0 spiro atoms. The fourth-order valence-corrected chi connectivity index (χ4v) is 5.09. The van der Waals surface area contributed by atoms with Gasteiger partial charge in [-0.25, -0.2) is 8.42 Å². The molecular formula is C17H18N4O3S. The van der Waals surface area contributed by atoms with Gasteiger partial charge < -0.3 is 0 Å². The molecule has 8 heteroatoms. The number of azide groups is 1. The van der Waals surface area contributed by atoms with Crippen LogP contribution in [0.3, 0.4) is 0 Å². The van der Waals surface area contributed by atoms with Gasteiger partial charge in [0.05, 0.1) is 5.69 Å². The third-order valence-electron chi connectivity index (χ3n) is 4.66. The van der Waals surface area contributed by atoms with Gasteiger partial charge in [0.25, 0.3) is 0 Å². The molecule has 1 aliphatic carbocycles. The van der Waals surface area contributed by atoms with E-state index in [2.05, 4.69) is 10.0 Å². The van der Waals surface area contributed by atoms with Crippen LogP contribution < -0.4 is 4.31 Å². The number of anilines is 1. The molecule has 0 N–H and O–H groups in total. The first-order valence-corrected chi connectivity index (χ1v) is 9.32. The number of Topliss-reactive ketones (excluding diaryl/α,β-unsaturated/α-hetero) is 1. The van der Waals surface area contributed by atoms with Gasteiger partial charge in [-0.1, -0.05) is 23.3 Å². The van der Waals surface area contributed by atoms with Crippen LogP contribution in [0.25, 0.3) is 10.4 Å². The fourth-order valence-electron chi connectivity index (χ4n) is 3.24. The molecule has 1 heterocycles. The van der Waals surface area contributed by atoms with Crippen LogP contribution in [-0.2, 0) is 16.4 Å². The highest BCUT2D eigenvalue weighted by Gasteiger charge is 2.44. The molecule has 0 amide bonds. The Balaban J connectivity index is 1.98. The van der Waals surface area contributed by atoms with Gasteiger partial charge >= 0.3 is 0 Å². The minimum atomic E-state index is -3.72. The second-order valence-electron chi connectivity index (χ2n) is 6.42. The van der Waals surface area contributed by atoms with Crippen molar-refractivity contribution in [3.63, 3.8) is 0 Å². The number of allylic oxidation sites excluding steroid dienone is 3. The molecule has 1 unspecified atom stereocenters. The first-order chi connectivity index (χ1) is 11.8. The highest BCUT2D eigenvalue weighted by Crippen LogP contribution is 2.39. The van der Waals surface area contributed by atoms with Crippen LogP contribution in [-0.4, -0.2) is 25.5 Å². The van der Waals surface area contributed by atoms with E-state index in [0.717, 1.165) is 5.56 Å². The van der Waals surface area contributed by atoms with Gasteiger partial charge in [-0.3, -0.25) is 9.10 Å². The maximum absolute atomic E-state index is 13.3. The predicted molar refractivity (Wildman–Crippen MR) is 95.8 cm³/mol. The molecule has 0 saturated carbocycles. The SMILES string of the molecule is CC(=O)c1ccc2c(c1)CCN2S(=O)(=O)C1(C)C=CC=C(N=[N+]=[N-])C1. The summed E-state index contributed by atoms with van der Waals surface area (Å²) in [7, 11) is -3.72. The van der Waals surface area contributed by atoms with Gasteiger partial charge in [-0.05, 0) is 56.0 Å². The van der Waals surface area contributed by atoms with Crippen LogP contribution in [0.5, 0.6) is 0 Å². The Bertz CT molecular complexity index is 958. The zero-order valence-electron chi connectivity index (χ0n) is 14.0. The molecule has 0 aromatic heterocycles. The van der Waals surface area contributed by atoms with Crippen molar-refractivity contribution in [1.82, 2.24) is 0 Å². The van der Waals surface area contributed by atoms with E-state index in [1.165, 1.54) is 11.2 Å². The molecule has 3 rings (SSSR count). The van der Waals surface area contributed by atoms with Crippen LogP contribution in [0, 0.1) is 0 Å². The second-order valence-corrected chi connectivity index (χ2v) is 8.75. The van der Waals surface area contributed by atoms with Gasteiger partial charge in [0.1, 0.15) is 4.75 Å². The van der Waals surface area contributed by atoms with Gasteiger partial charge in [0.15, 0.2) is 5.78 Å². The second kappa shape index (κ2) is 6.06. The number of rotatable bonds is 4. The van der Waals surface area contributed by atoms with E-state index in [1.54, 1.807) is 43.4 Å². The van der Waals surface area contributed by atoms with Gasteiger partial charge in [-0.15, -0.1) is 0 Å². The van der Waals surface area contributed by atoms with Crippen LogP contribution in [0.4, 0.5) is 5.69 Å². The van der Waals surface area contributed by atoms with E-state index in [9.17, 15) is 13.2 Å². The monoisotopic (exact) mass is 358 g/mol. The standard InChI is InChI=1S/C17H18N4O3S/c1-12(22)13-5-6-16-14(10-13)7-9-21(16)25(23,24)17(2)8-3-4-15(11-17)19-20-18/h3-6,8,10H,7,9,11H2,1-2H3. The summed E-state index contributed by atoms with van der Waals surface area (Å²) in [5.41, 5.74) is 11.0. The molecule has 1 aromatic carbocycles. The summed E-state index contributed by atoms with van der Waals surface area (Å²) in [6.07, 6.45) is 5.54. The lowest BCUT2D eigenvalue weighted by molar-refractivity contribution is 0.101. The minimum Gasteiger partial charge on any atom is -0.295 e. The molecule has 2 aliphatic rings. The Morgan fingerprint density at radius 3 is 2.84 bits per heavy atom. The summed E-state index contributed by atoms with van der Waals surface area (Å²) in [5.74, 6) is -0.0459. The molecular weight excluding hydrogens is 340 g/mol. The summed E-state index contributed by atoms with van der Waals surface area (Å²) in [6, 6.07) is 5.10. The fraction of sp³-hybridized carbons (Fsp3) is 0.353. The van der Waals surface area contributed by atoms with E-state index in [4.69, 9.17) is 5.53 Å². The summed E-state index contributed by atoms with van der Waals surface area (Å²) >= 11 is 0. The van der Waals surface area contributed by atoms with Crippen LogP contribution in [0.15, 0.2) is 47.2 Å². The maximum Gasteiger partial charge on any atom is 0.244 e. The average Bonchev–Trinajstić information content (AvgIpc) is 2.98. The van der Waals surface area contributed by atoms with Crippen molar-refractivity contribution in [3.05, 3.63) is 63.7 Å². The number of hydrogen-bond acceptors (Lipinski definition) is 4. The Morgan fingerprint density at radius 2 is 2.16 bits per heavy atom. The summed E-state index contributed by atoms with van der Waals surface area (Å²) < 4.78 is 26.8. The zero-order chi connectivity index (χ0) is 18.2. The third-order valence-corrected chi connectivity index (χ3v) is 7.08. The molecule has 0 saturated heterocycles. The van der Waals surface area contributed by atoms with Crippen LogP contribution in [0.2, 0.25) is 0 Å². The summed E-state index contributed by atoms with van der Waals surface area (Å²) in [6.45, 7) is 3.45. The molecule has 1 aromatic rings. The molecule has 25 heavy (non-hydrogen) atoms. The Hall–Kier alpha value is -2.57. The van der Waals surface area contributed by atoms with Crippen molar-refractivity contribution in [3.8, 4) is 0 Å². The Kier molecular flexibility index (Phi) is 4.18. The van der Waals surface area contributed by atoms with Gasteiger partial charge in [-0.2, -0.15) is 0 Å². The van der Waals surface area contributed by atoms with Crippen LogP contribution in [0.1, 0.15) is 36.2 Å². The van der Waals surface area contributed by atoms with Gasteiger partial charge in [0, 0.05) is 22.7 Å². The lowest BCUT2D eigenvalue weighted by atomic mass is 10.00. The van der Waals surface area contributed by atoms with E-state index >= 15 is 0 Å². The van der Waals surface area contributed by atoms with Crippen molar-refractivity contribution >= 4 is 21.5 Å². The number of nitrogens with zero attached hydrogens (tertiary/aromatic N) is 4. The lowest BCUT2D eigenvalue weighted by Crippen LogP contribution is -2.45. The van der Waals surface area contributed by atoms with Crippen molar-refractivity contribution in [2.45, 2.75) is 31.4 Å². The molecule has 1 atom stereocenters. The smallest absolute Gasteiger partial charge is 0.244 e. The third kappa shape index (κ3) is 2.83. The van der Waals surface area contributed by atoms with E-state index < -0.39 is 14.8 Å². The lowest BCUT2D eigenvalue weighted by Gasteiger charge is -2.33. The largest absolute Gasteiger partial charge is 0.295 e. The summed E-state index contributed by atoms with van der Waals surface area (Å²) in [5, 5.41) is 3.56. The maximum atomic E-state index is 13.3. The minimum absolute atomic E-state index is 0.0459. The topological polar surface area (TPSA) is 103 Å². The average molecular weight is 358 g/mol. The molecule has 1 aliphatic heterocycles. The van der Waals surface area contributed by atoms with E-state index in [0.29, 0.717) is 29.9 Å². The van der Waals surface area contributed by atoms with Crippen molar-refractivity contribution in [1.29, 1.82) is 0 Å². The normalized spacial score (nSPS) is 22.2.